The van der Waals surface area contributed by atoms with E-state index in [0.717, 1.165) is 12.8 Å². The molecule has 1 rings (SSSR count). The molecule has 0 aliphatic heterocycles. The maximum absolute atomic E-state index is 11.9. The maximum Gasteiger partial charge on any atom is 0.253 e. The van der Waals surface area contributed by atoms with Gasteiger partial charge in [-0.15, -0.1) is 0 Å². The SMILES string of the molecule is CCC(CC)CNC(=O)c1ccc(Cl)cc1N. The second kappa shape index (κ2) is 6.50. The molecule has 0 aromatic heterocycles. The third kappa shape index (κ3) is 3.93. The molecule has 3 nitrogen and oxygen atoms in total. The first-order valence-corrected chi connectivity index (χ1v) is 6.29. The maximum atomic E-state index is 11.9. The second-order valence-corrected chi connectivity index (χ2v) is 4.56. The Morgan fingerprint density at radius 3 is 2.59 bits per heavy atom. The molecule has 0 spiro atoms. The summed E-state index contributed by atoms with van der Waals surface area (Å²) in [5, 5.41) is 3.44. The summed E-state index contributed by atoms with van der Waals surface area (Å²) in [5.41, 5.74) is 6.65. The predicted molar refractivity (Wildman–Crippen MR) is 72.3 cm³/mol. The molecule has 0 bridgehead atoms. The molecule has 0 fully saturated rings. The summed E-state index contributed by atoms with van der Waals surface area (Å²) in [6, 6.07) is 4.91. The van der Waals surface area contributed by atoms with E-state index in [4.69, 9.17) is 17.3 Å². The van der Waals surface area contributed by atoms with Crippen LogP contribution in [0.15, 0.2) is 18.2 Å². The van der Waals surface area contributed by atoms with E-state index in [0.29, 0.717) is 28.7 Å². The van der Waals surface area contributed by atoms with Crippen molar-refractivity contribution in [3.63, 3.8) is 0 Å². The zero-order valence-corrected chi connectivity index (χ0v) is 11.1. The van der Waals surface area contributed by atoms with Gasteiger partial charge in [-0.2, -0.15) is 0 Å². The van der Waals surface area contributed by atoms with Gasteiger partial charge in [-0.25, -0.2) is 0 Å². The summed E-state index contributed by atoms with van der Waals surface area (Å²) in [6.07, 6.45) is 2.12. The van der Waals surface area contributed by atoms with Gasteiger partial charge < -0.3 is 11.1 Å². The van der Waals surface area contributed by atoms with Gasteiger partial charge in [0.15, 0.2) is 0 Å². The molecule has 1 aromatic carbocycles. The molecule has 0 saturated heterocycles. The number of nitrogens with one attached hydrogen (secondary N) is 1. The first kappa shape index (κ1) is 13.8. The van der Waals surface area contributed by atoms with Gasteiger partial charge in [-0.1, -0.05) is 38.3 Å². The van der Waals surface area contributed by atoms with E-state index >= 15 is 0 Å². The van der Waals surface area contributed by atoms with Gasteiger partial charge in [-0.3, -0.25) is 4.79 Å². The molecule has 0 aliphatic rings. The van der Waals surface area contributed by atoms with Gasteiger partial charge >= 0.3 is 0 Å². The molecule has 0 atom stereocenters. The van der Waals surface area contributed by atoms with Gasteiger partial charge in [0.05, 0.1) is 5.56 Å². The van der Waals surface area contributed by atoms with E-state index in [-0.39, 0.29) is 5.91 Å². The lowest BCUT2D eigenvalue weighted by atomic mass is 10.0. The third-order valence-corrected chi connectivity index (χ3v) is 3.20. The summed E-state index contributed by atoms with van der Waals surface area (Å²) in [6.45, 7) is 4.93. The van der Waals surface area contributed by atoms with Gasteiger partial charge in [0.2, 0.25) is 0 Å². The fourth-order valence-electron chi connectivity index (χ4n) is 1.65. The number of hydrogen-bond donors (Lipinski definition) is 2. The average molecular weight is 255 g/mol. The Bertz CT molecular complexity index is 389. The summed E-state index contributed by atoms with van der Waals surface area (Å²) in [5.74, 6) is 0.388. The number of carbonyl (C=O) groups excluding carboxylic acids is 1. The van der Waals surface area contributed by atoms with Crippen molar-refractivity contribution in [2.75, 3.05) is 12.3 Å². The Labute approximate surface area is 107 Å². The molecular formula is C13H19ClN2O. The third-order valence-electron chi connectivity index (χ3n) is 2.96. The molecule has 1 aromatic rings. The molecule has 0 heterocycles. The highest BCUT2D eigenvalue weighted by molar-refractivity contribution is 6.31. The van der Waals surface area contributed by atoms with Crippen molar-refractivity contribution in [3.8, 4) is 0 Å². The topological polar surface area (TPSA) is 55.1 Å². The first-order valence-electron chi connectivity index (χ1n) is 5.91. The normalized spacial score (nSPS) is 10.6. The number of rotatable bonds is 5. The molecule has 1 amide bonds. The summed E-state index contributed by atoms with van der Waals surface area (Å²) >= 11 is 5.78. The highest BCUT2D eigenvalue weighted by Crippen LogP contribution is 2.18. The van der Waals surface area contributed by atoms with Crippen LogP contribution in [0, 0.1) is 5.92 Å². The standard InChI is InChI=1S/C13H19ClN2O/c1-3-9(4-2)8-16-13(17)11-6-5-10(14)7-12(11)15/h5-7,9H,3-4,8,15H2,1-2H3,(H,16,17). The van der Waals surface area contributed by atoms with E-state index in [1.165, 1.54) is 0 Å². The number of carbonyl (C=O) groups is 1. The second-order valence-electron chi connectivity index (χ2n) is 4.12. The lowest BCUT2D eigenvalue weighted by molar-refractivity contribution is 0.0947. The van der Waals surface area contributed by atoms with Crippen LogP contribution in [0.3, 0.4) is 0 Å². The molecule has 0 unspecified atom stereocenters. The fraction of sp³-hybridized carbons (Fsp3) is 0.462. The van der Waals surface area contributed by atoms with E-state index in [1.807, 2.05) is 0 Å². The number of amides is 1. The van der Waals surface area contributed by atoms with Gasteiger partial charge in [0.25, 0.3) is 5.91 Å². The van der Waals surface area contributed by atoms with Crippen LogP contribution < -0.4 is 11.1 Å². The zero-order chi connectivity index (χ0) is 12.8. The number of halogens is 1. The molecular weight excluding hydrogens is 236 g/mol. The van der Waals surface area contributed by atoms with Crippen molar-refractivity contribution in [1.82, 2.24) is 5.32 Å². The number of nitrogen functional groups attached to an aromatic ring is 1. The Morgan fingerprint density at radius 2 is 2.06 bits per heavy atom. The van der Waals surface area contributed by atoms with Crippen molar-refractivity contribution < 1.29 is 4.79 Å². The lowest BCUT2D eigenvalue weighted by Gasteiger charge is -2.14. The highest BCUT2D eigenvalue weighted by atomic mass is 35.5. The molecule has 0 aliphatic carbocycles. The van der Waals surface area contributed by atoms with Crippen LogP contribution in [0.5, 0.6) is 0 Å². The minimum absolute atomic E-state index is 0.133. The van der Waals surface area contributed by atoms with E-state index in [1.54, 1.807) is 18.2 Å². The molecule has 3 N–H and O–H groups in total. The number of anilines is 1. The molecule has 4 heteroatoms. The van der Waals surface area contributed by atoms with Crippen LogP contribution in [-0.4, -0.2) is 12.5 Å². The zero-order valence-electron chi connectivity index (χ0n) is 10.3. The predicted octanol–water partition coefficient (Wildman–Crippen LogP) is 3.09. The van der Waals surface area contributed by atoms with E-state index < -0.39 is 0 Å². The van der Waals surface area contributed by atoms with Crippen LogP contribution in [-0.2, 0) is 0 Å². The summed E-state index contributed by atoms with van der Waals surface area (Å²) < 4.78 is 0. The molecule has 17 heavy (non-hydrogen) atoms. The summed E-state index contributed by atoms with van der Waals surface area (Å²) in [4.78, 5) is 11.9. The fourth-order valence-corrected chi connectivity index (χ4v) is 1.83. The van der Waals surface area contributed by atoms with Crippen LogP contribution in [0.25, 0.3) is 0 Å². The summed E-state index contributed by atoms with van der Waals surface area (Å²) in [7, 11) is 0. The molecule has 94 valence electrons. The van der Waals surface area contributed by atoms with E-state index in [2.05, 4.69) is 19.2 Å². The average Bonchev–Trinajstić information content (AvgIpc) is 2.30. The van der Waals surface area contributed by atoms with Gasteiger partial charge in [-0.05, 0) is 24.1 Å². The van der Waals surface area contributed by atoms with Gasteiger partial charge in [0.1, 0.15) is 0 Å². The van der Waals surface area contributed by atoms with Crippen molar-refractivity contribution in [3.05, 3.63) is 28.8 Å². The van der Waals surface area contributed by atoms with Crippen molar-refractivity contribution in [2.24, 2.45) is 5.92 Å². The minimum Gasteiger partial charge on any atom is -0.398 e. The molecule has 0 radical (unpaired) electrons. The van der Waals surface area contributed by atoms with Crippen LogP contribution in [0.1, 0.15) is 37.0 Å². The van der Waals surface area contributed by atoms with Crippen molar-refractivity contribution in [1.29, 1.82) is 0 Å². The smallest absolute Gasteiger partial charge is 0.253 e. The largest absolute Gasteiger partial charge is 0.398 e. The minimum atomic E-state index is -0.133. The van der Waals surface area contributed by atoms with Crippen LogP contribution >= 0.6 is 11.6 Å². The number of benzene rings is 1. The van der Waals surface area contributed by atoms with Crippen molar-refractivity contribution in [2.45, 2.75) is 26.7 Å². The monoisotopic (exact) mass is 254 g/mol. The lowest BCUT2D eigenvalue weighted by Crippen LogP contribution is -2.29. The first-order chi connectivity index (χ1) is 8.08. The van der Waals surface area contributed by atoms with Crippen LogP contribution in [0.2, 0.25) is 5.02 Å². The van der Waals surface area contributed by atoms with Gasteiger partial charge in [0, 0.05) is 17.3 Å². The Kier molecular flexibility index (Phi) is 5.29. The van der Waals surface area contributed by atoms with Crippen molar-refractivity contribution >= 4 is 23.2 Å². The quantitative estimate of drug-likeness (QED) is 0.794. The Morgan fingerprint density at radius 1 is 1.41 bits per heavy atom. The highest BCUT2D eigenvalue weighted by Gasteiger charge is 2.11. The van der Waals surface area contributed by atoms with Crippen LogP contribution in [0.4, 0.5) is 5.69 Å². The Balaban J connectivity index is 2.64. The molecule has 0 saturated carbocycles. The number of hydrogen-bond acceptors (Lipinski definition) is 2. The van der Waals surface area contributed by atoms with E-state index in [9.17, 15) is 4.79 Å². The number of nitrogens with two attached hydrogens (primary N) is 1. The Hall–Kier alpha value is -1.22.